The van der Waals surface area contributed by atoms with Gasteiger partial charge in [-0.25, -0.2) is 13.6 Å². The predicted molar refractivity (Wildman–Crippen MR) is 99.7 cm³/mol. The first-order chi connectivity index (χ1) is 13.5. The molecule has 6 nitrogen and oxygen atoms in total. The second-order valence-electron chi connectivity index (χ2n) is 9.23. The maximum atomic E-state index is 15.3. The van der Waals surface area contributed by atoms with Gasteiger partial charge in [0.05, 0.1) is 22.5 Å². The summed E-state index contributed by atoms with van der Waals surface area (Å²) in [5.74, 6) is -5.56. The van der Waals surface area contributed by atoms with Crippen molar-refractivity contribution in [2.45, 2.75) is 45.1 Å². The first-order valence-corrected chi connectivity index (χ1v) is 9.76. The molecule has 0 N–H and O–H groups in total. The summed E-state index contributed by atoms with van der Waals surface area (Å²) < 4.78 is 36.0. The van der Waals surface area contributed by atoms with Gasteiger partial charge >= 0.3 is 6.09 Å². The van der Waals surface area contributed by atoms with Gasteiger partial charge in [0.2, 0.25) is 0 Å². The lowest BCUT2D eigenvalue weighted by Gasteiger charge is -2.45. The molecule has 1 aromatic carbocycles. The highest BCUT2D eigenvalue weighted by molar-refractivity contribution is 6.21. The number of amides is 3. The number of ether oxygens (including phenoxy) is 1. The van der Waals surface area contributed by atoms with Gasteiger partial charge in [-0.3, -0.25) is 14.5 Å². The molecule has 3 aliphatic rings. The van der Waals surface area contributed by atoms with Crippen LogP contribution in [0, 0.1) is 11.3 Å². The van der Waals surface area contributed by atoms with E-state index in [1.54, 1.807) is 32.9 Å². The Kier molecular flexibility index (Phi) is 4.26. The van der Waals surface area contributed by atoms with Crippen LogP contribution in [0.25, 0.3) is 0 Å². The number of carbonyl (C=O) groups excluding carboxylic acids is 3. The van der Waals surface area contributed by atoms with Crippen molar-refractivity contribution in [3.8, 4) is 0 Å². The van der Waals surface area contributed by atoms with Crippen molar-refractivity contribution in [2.24, 2.45) is 11.3 Å². The molecule has 1 atom stereocenters. The predicted octanol–water partition coefficient (Wildman–Crippen LogP) is 3.57. The van der Waals surface area contributed by atoms with Gasteiger partial charge in [-0.15, -0.1) is 0 Å². The highest BCUT2D eigenvalue weighted by Crippen LogP contribution is 2.62. The Bertz CT molecular complexity index is 854. The van der Waals surface area contributed by atoms with E-state index < -0.39 is 47.3 Å². The monoisotopic (exact) mass is 406 g/mol. The molecule has 8 heteroatoms. The number of hydrogen-bond donors (Lipinski definition) is 0. The van der Waals surface area contributed by atoms with Crippen LogP contribution >= 0.6 is 0 Å². The molecule has 1 aliphatic carbocycles. The Morgan fingerprint density at radius 3 is 2.17 bits per heavy atom. The van der Waals surface area contributed by atoms with E-state index in [0.29, 0.717) is 12.8 Å². The lowest BCUT2D eigenvalue weighted by atomic mass is 9.82. The fraction of sp³-hybridized carbons (Fsp3) is 0.571. The van der Waals surface area contributed by atoms with Gasteiger partial charge in [-0.2, -0.15) is 0 Å². The van der Waals surface area contributed by atoms with Gasteiger partial charge in [0.1, 0.15) is 5.60 Å². The number of imide groups is 1. The third kappa shape index (κ3) is 3.18. The van der Waals surface area contributed by atoms with Crippen LogP contribution in [0.1, 0.15) is 54.3 Å². The quantitative estimate of drug-likeness (QED) is 0.705. The van der Waals surface area contributed by atoms with Gasteiger partial charge in [0, 0.05) is 19.6 Å². The number of halogens is 2. The van der Waals surface area contributed by atoms with Crippen molar-refractivity contribution < 1.29 is 27.9 Å². The molecule has 1 aromatic rings. The van der Waals surface area contributed by atoms with Crippen LogP contribution < -0.4 is 0 Å². The van der Waals surface area contributed by atoms with E-state index >= 15 is 8.78 Å². The van der Waals surface area contributed by atoms with E-state index in [1.807, 2.05) is 0 Å². The zero-order chi connectivity index (χ0) is 21.2. The molecule has 1 saturated carbocycles. The molecule has 1 saturated heterocycles. The maximum Gasteiger partial charge on any atom is 0.410 e. The number of likely N-dealkylation sites (tertiary alicyclic amines) is 1. The van der Waals surface area contributed by atoms with Gasteiger partial charge in [0.25, 0.3) is 17.7 Å². The summed E-state index contributed by atoms with van der Waals surface area (Å²) >= 11 is 0. The smallest absolute Gasteiger partial charge is 0.410 e. The van der Waals surface area contributed by atoms with Crippen molar-refractivity contribution in [2.75, 3.05) is 19.6 Å². The molecule has 2 aliphatic heterocycles. The summed E-state index contributed by atoms with van der Waals surface area (Å²) in [6.07, 6.45) is -0.0397. The van der Waals surface area contributed by atoms with Crippen LogP contribution in [0.5, 0.6) is 0 Å². The third-order valence-electron chi connectivity index (χ3n) is 5.94. The van der Waals surface area contributed by atoms with E-state index in [2.05, 4.69) is 0 Å². The van der Waals surface area contributed by atoms with Crippen LogP contribution in [-0.4, -0.2) is 58.9 Å². The van der Waals surface area contributed by atoms with Crippen molar-refractivity contribution in [3.05, 3.63) is 35.4 Å². The summed E-state index contributed by atoms with van der Waals surface area (Å²) in [5.41, 5.74) is -1.60. The molecule has 1 spiro atoms. The van der Waals surface area contributed by atoms with Crippen LogP contribution in [0.3, 0.4) is 0 Å². The second kappa shape index (κ2) is 6.24. The first-order valence-electron chi connectivity index (χ1n) is 9.76. The van der Waals surface area contributed by atoms with Crippen molar-refractivity contribution in [1.82, 2.24) is 9.80 Å². The zero-order valence-corrected chi connectivity index (χ0v) is 16.7. The van der Waals surface area contributed by atoms with Crippen LogP contribution in [0.4, 0.5) is 13.6 Å². The van der Waals surface area contributed by atoms with E-state index in [0.717, 1.165) is 4.90 Å². The summed E-state index contributed by atoms with van der Waals surface area (Å²) in [6.45, 7) is 4.37. The summed E-state index contributed by atoms with van der Waals surface area (Å²) in [4.78, 5) is 40.0. The van der Waals surface area contributed by atoms with E-state index in [4.69, 9.17) is 4.74 Å². The SMILES string of the molecule is CC(C)(C)OC(=O)N1CC(CN2C(=O)c3ccccc3C2=O)C(F)(F)C2(CC2)C1. The van der Waals surface area contributed by atoms with Gasteiger partial charge < -0.3 is 9.64 Å². The molecule has 0 bridgehead atoms. The fourth-order valence-corrected chi connectivity index (χ4v) is 4.25. The Morgan fingerprint density at radius 2 is 1.69 bits per heavy atom. The lowest BCUT2D eigenvalue weighted by Crippen LogP contribution is -2.60. The molecule has 1 unspecified atom stereocenters. The molecular formula is C21H24F2N2O4. The Labute approximate surface area is 167 Å². The summed E-state index contributed by atoms with van der Waals surface area (Å²) in [6, 6.07) is 6.30. The van der Waals surface area contributed by atoms with Crippen molar-refractivity contribution in [3.63, 3.8) is 0 Å². The number of alkyl halides is 2. The topological polar surface area (TPSA) is 66.9 Å². The average molecular weight is 406 g/mol. The van der Waals surface area contributed by atoms with E-state index in [-0.39, 0.29) is 24.2 Å². The number of rotatable bonds is 2. The molecule has 0 aromatic heterocycles. The fourth-order valence-electron chi connectivity index (χ4n) is 4.25. The Hall–Kier alpha value is -2.51. The molecule has 2 fully saturated rings. The molecule has 3 amide bonds. The average Bonchev–Trinajstić information content (AvgIpc) is 3.37. The number of nitrogens with zero attached hydrogens (tertiary/aromatic N) is 2. The standard InChI is InChI=1S/C21H24F2N2O4/c1-19(2,3)29-18(28)24-10-13(21(22,23)20(12-24)8-9-20)11-25-16(26)14-6-4-5-7-15(14)17(25)27/h4-7,13H,8-12H2,1-3H3. The molecule has 2 heterocycles. The van der Waals surface area contributed by atoms with Gasteiger partial charge in [0.15, 0.2) is 0 Å². The number of benzene rings is 1. The minimum atomic E-state index is -3.08. The van der Waals surface area contributed by atoms with E-state index in [9.17, 15) is 14.4 Å². The van der Waals surface area contributed by atoms with Crippen LogP contribution in [0.2, 0.25) is 0 Å². The van der Waals surface area contributed by atoms with Crippen LogP contribution in [0.15, 0.2) is 24.3 Å². The van der Waals surface area contributed by atoms with Crippen molar-refractivity contribution >= 4 is 17.9 Å². The van der Waals surface area contributed by atoms with E-state index in [1.165, 1.54) is 17.0 Å². The number of fused-ring (bicyclic) bond motifs is 1. The minimum Gasteiger partial charge on any atom is -0.444 e. The molecule has 0 radical (unpaired) electrons. The molecule has 29 heavy (non-hydrogen) atoms. The summed E-state index contributed by atoms with van der Waals surface area (Å²) in [5, 5.41) is 0. The number of piperidine rings is 1. The minimum absolute atomic E-state index is 0.0759. The lowest BCUT2D eigenvalue weighted by molar-refractivity contribution is -0.162. The Morgan fingerprint density at radius 1 is 1.14 bits per heavy atom. The molecular weight excluding hydrogens is 382 g/mol. The summed E-state index contributed by atoms with van der Waals surface area (Å²) in [7, 11) is 0. The molecule has 4 rings (SSSR count). The van der Waals surface area contributed by atoms with Gasteiger partial charge in [-0.05, 0) is 45.7 Å². The zero-order valence-electron chi connectivity index (χ0n) is 16.7. The highest BCUT2D eigenvalue weighted by Gasteiger charge is 2.69. The Balaban J connectivity index is 1.58. The third-order valence-corrected chi connectivity index (χ3v) is 5.94. The number of carbonyl (C=O) groups is 3. The van der Waals surface area contributed by atoms with Crippen LogP contribution in [-0.2, 0) is 4.74 Å². The van der Waals surface area contributed by atoms with Crippen molar-refractivity contribution in [1.29, 1.82) is 0 Å². The normalized spacial score (nSPS) is 24.7. The number of hydrogen-bond acceptors (Lipinski definition) is 4. The maximum absolute atomic E-state index is 15.3. The molecule has 156 valence electrons. The van der Waals surface area contributed by atoms with Gasteiger partial charge in [-0.1, -0.05) is 12.1 Å². The first kappa shape index (κ1) is 19.8. The largest absolute Gasteiger partial charge is 0.444 e. The highest BCUT2D eigenvalue weighted by atomic mass is 19.3. The second-order valence-corrected chi connectivity index (χ2v) is 9.23.